The SMILES string of the molecule is Cc1ccc(Cl)cc1N(CC(=O)Nc1ccc(S(=O)(=O)N2CCOCC2)cc1)S(C)(=O)=O. The number of ether oxygens (including phenoxy) is 1. The molecule has 3 rings (SSSR count). The molecule has 0 aliphatic carbocycles. The van der Waals surface area contributed by atoms with Gasteiger partial charge in [-0.1, -0.05) is 17.7 Å². The lowest BCUT2D eigenvalue weighted by molar-refractivity contribution is -0.114. The molecule has 1 saturated heterocycles. The number of carbonyl (C=O) groups is 1. The summed E-state index contributed by atoms with van der Waals surface area (Å²) in [6, 6.07) is 10.5. The van der Waals surface area contributed by atoms with Gasteiger partial charge >= 0.3 is 0 Å². The molecule has 1 amide bonds. The number of benzene rings is 2. The number of nitrogens with zero attached hydrogens (tertiary/aromatic N) is 2. The Morgan fingerprint density at radius 1 is 1.09 bits per heavy atom. The zero-order valence-corrected chi connectivity index (χ0v) is 20.0. The summed E-state index contributed by atoms with van der Waals surface area (Å²) in [7, 11) is -7.41. The Kier molecular flexibility index (Phi) is 7.46. The first kappa shape index (κ1) is 24.5. The largest absolute Gasteiger partial charge is 0.379 e. The molecule has 0 unspecified atom stereocenters. The van der Waals surface area contributed by atoms with E-state index < -0.39 is 32.5 Å². The van der Waals surface area contributed by atoms with Gasteiger partial charge < -0.3 is 10.1 Å². The van der Waals surface area contributed by atoms with Crippen molar-refractivity contribution in [2.45, 2.75) is 11.8 Å². The maximum Gasteiger partial charge on any atom is 0.245 e. The van der Waals surface area contributed by atoms with Crippen molar-refractivity contribution in [2.24, 2.45) is 0 Å². The van der Waals surface area contributed by atoms with E-state index in [1.54, 1.807) is 19.1 Å². The lowest BCUT2D eigenvalue weighted by Crippen LogP contribution is -2.40. The second kappa shape index (κ2) is 9.75. The predicted octanol–water partition coefficient (Wildman–Crippen LogP) is 2.07. The highest BCUT2D eigenvalue weighted by molar-refractivity contribution is 7.92. The van der Waals surface area contributed by atoms with Gasteiger partial charge in [-0.05, 0) is 48.9 Å². The number of hydrogen-bond donors (Lipinski definition) is 1. The summed E-state index contributed by atoms with van der Waals surface area (Å²) in [6.45, 7) is 2.51. The van der Waals surface area contributed by atoms with Crippen molar-refractivity contribution in [1.82, 2.24) is 4.31 Å². The van der Waals surface area contributed by atoms with Gasteiger partial charge in [0.05, 0.1) is 30.1 Å². The number of halogens is 1. The third kappa shape index (κ3) is 5.78. The van der Waals surface area contributed by atoms with Gasteiger partial charge in [0.1, 0.15) is 6.54 Å². The van der Waals surface area contributed by atoms with Crippen LogP contribution in [0.2, 0.25) is 5.02 Å². The van der Waals surface area contributed by atoms with Crippen molar-refractivity contribution in [2.75, 3.05) is 48.7 Å². The van der Waals surface area contributed by atoms with Crippen molar-refractivity contribution in [1.29, 1.82) is 0 Å². The fraction of sp³-hybridized carbons (Fsp3) is 0.350. The summed E-state index contributed by atoms with van der Waals surface area (Å²) in [4.78, 5) is 12.7. The van der Waals surface area contributed by atoms with Crippen molar-refractivity contribution in [3.05, 3.63) is 53.1 Å². The zero-order chi connectivity index (χ0) is 23.5. The highest BCUT2D eigenvalue weighted by Crippen LogP contribution is 2.26. The smallest absolute Gasteiger partial charge is 0.245 e. The zero-order valence-electron chi connectivity index (χ0n) is 17.6. The molecule has 1 fully saturated rings. The number of sulfonamides is 2. The Labute approximate surface area is 193 Å². The third-order valence-corrected chi connectivity index (χ3v) is 8.15. The van der Waals surface area contributed by atoms with Crippen molar-refractivity contribution in [3.8, 4) is 0 Å². The van der Waals surface area contributed by atoms with Crippen LogP contribution < -0.4 is 9.62 Å². The van der Waals surface area contributed by atoms with Crippen LogP contribution in [-0.4, -0.2) is 66.2 Å². The first-order chi connectivity index (χ1) is 15.0. The van der Waals surface area contributed by atoms with Gasteiger partial charge in [0, 0.05) is 23.8 Å². The van der Waals surface area contributed by atoms with E-state index in [-0.39, 0.29) is 18.0 Å². The molecule has 2 aromatic rings. The number of rotatable bonds is 7. The number of carbonyl (C=O) groups excluding carboxylic acids is 1. The molecule has 9 nitrogen and oxygen atoms in total. The normalized spacial score (nSPS) is 15.3. The molecule has 1 N–H and O–H groups in total. The Morgan fingerprint density at radius 3 is 2.31 bits per heavy atom. The molecule has 0 bridgehead atoms. The molecule has 0 atom stereocenters. The summed E-state index contributed by atoms with van der Waals surface area (Å²) in [5.74, 6) is -0.585. The van der Waals surface area contributed by atoms with Crippen LogP contribution >= 0.6 is 11.6 Å². The van der Waals surface area contributed by atoms with Crippen LogP contribution in [-0.2, 0) is 29.6 Å². The minimum Gasteiger partial charge on any atom is -0.379 e. The van der Waals surface area contributed by atoms with Crippen LogP contribution in [0.5, 0.6) is 0 Å². The number of anilines is 2. The maximum absolute atomic E-state index is 12.7. The highest BCUT2D eigenvalue weighted by atomic mass is 35.5. The third-order valence-electron chi connectivity index (χ3n) is 4.87. The van der Waals surface area contributed by atoms with Crippen molar-refractivity contribution >= 4 is 48.9 Å². The van der Waals surface area contributed by atoms with E-state index in [1.807, 2.05) is 0 Å². The van der Waals surface area contributed by atoms with Gasteiger partial charge in [0.25, 0.3) is 0 Å². The van der Waals surface area contributed by atoms with E-state index >= 15 is 0 Å². The molecule has 1 aliphatic heterocycles. The van der Waals surface area contributed by atoms with Gasteiger partial charge in [-0.3, -0.25) is 9.10 Å². The molecule has 0 spiro atoms. The Balaban J connectivity index is 1.74. The summed E-state index contributed by atoms with van der Waals surface area (Å²) in [5.41, 5.74) is 1.29. The molecule has 1 aliphatic rings. The quantitative estimate of drug-likeness (QED) is 0.621. The molecule has 12 heteroatoms. The van der Waals surface area contributed by atoms with E-state index in [9.17, 15) is 21.6 Å². The van der Waals surface area contributed by atoms with E-state index in [0.29, 0.717) is 35.2 Å². The van der Waals surface area contributed by atoms with E-state index in [1.165, 1.54) is 34.6 Å². The Bertz CT molecular complexity index is 1190. The van der Waals surface area contributed by atoms with Crippen LogP contribution in [0.25, 0.3) is 0 Å². The number of aryl methyl sites for hydroxylation is 1. The first-order valence-corrected chi connectivity index (χ1v) is 13.4. The lowest BCUT2D eigenvalue weighted by Gasteiger charge is -2.26. The van der Waals surface area contributed by atoms with Gasteiger partial charge in [-0.15, -0.1) is 0 Å². The molecule has 0 saturated carbocycles. The summed E-state index contributed by atoms with van der Waals surface area (Å²) < 4.78 is 57.5. The average Bonchev–Trinajstić information content (AvgIpc) is 2.74. The molecular formula is C20H24ClN3O6S2. The minimum atomic E-state index is -3.76. The molecule has 2 aromatic carbocycles. The second-order valence-electron chi connectivity index (χ2n) is 7.29. The minimum absolute atomic E-state index is 0.102. The topological polar surface area (TPSA) is 113 Å². The summed E-state index contributed by atoms with van der Waals surface area (Å²) in [6.07, 6.45) is 1.01. The molecular weight excluding hydrogens is 478 g/mol. The van der Waals surface area contributed by atoms with Crippen LogP contribution in [0.15, 0.2) is 47.4 Å². The summed E-state index contributed by atoms with van der Waals surface area (Å²) >= 11 is 6.00. The molecule has 0 radical (unpaired) electrons. The van der Waals surface area contributed by atoms with Crippen LogP contribution in [0.1, 0.15) is 5.56 Å². The fourth-order valence-corrected chi connectivity index (χ4v) is 5.69. The number of morpholine rings is 1. The first-order valence-electron chi connectivity index (χ1n) is 9.70. The van der Waals surface area contributed by atoms with E-state index in [0.717, 1.165) is 10.6 Å². The highest BCUT2D eigenvalue weighted by Gasteiger charge is 2.26. The van der Waals surface area contributed by atoms with Crippen LogP contribution in [0.4, 0.5) is 11.4 Å². The van der Waals surface area contributed by atoms with Crippen LogP contribution in [0.3, 0.4) is 0 Å². The molecule has 32 heavy (non-hydrogen) atoms. The lowest BCUT2D eigenvalue weighted by atomic mass is 10.2. The van der Waals surface area contributed by atoms with E-state index in [4.69, 9.17) is 16.3 Å². The van der Waals surface area contributed by atoms with Gasteiger partial charge in [-0.2, -0.15) is 4.31 Å². The Hall–Kier alpha value is -2.18. The molecule has 174 valence electrons. The van der Waals surface area contributed by atoms with Gasteiger partial charge in [-0.25, -0.2) is 16.8 Å². The van der Waals surface area contributed by atoms with Gasteiger partial charge in [0.15, 0.2) is 0 Å². The van der Waals surface area contributed by atoms with Crippen LogP contribution in [0, 0.1) is 6.92 Å². The molecule has 1 heterocycles. The van der Waals surface area contributed by atoms with E-state index in [2.05, 4.69) is 5.32 Å². The van der Waals surface area contributed by atoms with Gasteiger partial charge in [0.2, 0.25) is 26.0 Å². The Morgan fingerprint density at radius 2 is 1.72 bits per heavy atom. The predicted molar refractivity (Wildman–Crippen MR) is 123 cm³/mol. The second-order valence-corrected chi connectivity index (χ2v) is 11.6. The van der Waals surface area contributed by atoms with Crippen molar-refractivity contribution in [3.63, 3.8) is 0 Å². The number of nitrogens with one attached hydrogen (secondary N) is 1. The average molecular weight is 502 g/mol. The summed E-state index contributed by atoms with van der Waals surface area (Å²) in [5, 5.41) is 2.94. The number of amides is 1. The van der Waals surface area contributed by atoms with Crippen molar-refractivity contribution < 1.29 is 26.4 Å². The molecule has 0 aromatic heterocycles. The monoisotopic (exact) mass is 501 g/mol. The maximum atomic E-state index is 12.7. The standard InChI is InChI=1S/C20H24ClN3O6S2/c1-15-3-4-16(21)13-19(15)24(31(2,26)27)14-20(25)22-17-5-7-18(8-6-17)32(28,29)23-9-11-30-12-10-23/h3-8,13H,9-12,14H2,1-2H3,(H,22,25). The number of hydrogen-bond acceptors (Lipinski definition) is 6. The fourth-order valence-electron chi connectivity index (χ4n) is 3.21.